The van der Waals surface area contributed by atoms with Crippen LogP contribution in [0.5, 0.6) is 0 Å². The number of benzene rings is 1. The lowest BCUT2D eigenvalue weighted by atomic mass is 10.1. The molecule has 0 N–H and O–H groups in total. The van der Waals surface area contributed by atoms with E-state index in [-0.39, 0.29) is 6.04 Å². The van der Waals surface area contributed by atoms with E-state index in [0.717, 1.165) is 15.7 Å². The van der Waals surface area contributed by atoms with Crippen LogP contribution >= 0.6 is 15.9 Å². The van der Waals surface area contributed by atoms with Crippen LogP contribution in [0.4, 0.5) is 0 Å². The second-order valence-corrected chi connectivity index (χ2v) is 4.86. The van der Waals surface area contributed by atoms with Crippen LogP contribution in [0.3, 0.4) is 0 Å². The molecule has 1 heterocycles. The number of hydrogen-bond donors (Lipinski definition) is 0. The van der Waals surface area contributed by atoms with Gasteiger partial charge in [0.25, 0.3) is 0 Å². The van der Waals surface area contributed by atoms with Gasteiger partial charge in [-0.25, -0.2) is 4.68 Å². The van der Waals surface area contributed by atoms with Gasteiger partial charge in [-0.15, -0.1) is 5.10 Å². The van der Waals surface area contributed by atoms with Crippen molar-refractivity contribution in [1.29, 1.82) is 5.26 Å². The van der Waals surface area contributed by atoms with E-state index in [9.17, 15) is 0 Å². The third-order valence-electron chi connectivity index (χ3n) is 2.39. The zero-order chi connectivity index (χ0) is 12.4. The van der Waals surface area contributed by atoms with Crippen molar-refractivity contribution >= 4 is 15.9 Å². The maximum absolute atomic E-state index is 9.07. The lowest BCUT2D eigenvalue weighted by Gasteiger charge is -2.09. The average molecular weight is 291 g/mol. The van der Waals surface area contributed by atoms with Crippen LogP contribution in [0.2, 0.25) is 0 Å². The molecule has 0 amide bonds. The number of aromatic nitrogens is 3. The molecule has 0 bridgehead atoms. The molecule has 1 aromatic heterocycles. The first-order valence-corrected chi connectivity index (χ1v) is 6.04. The highest BCUT2D eigenvalue weighted by atomic mass is 79.9. The predicted octanol–water partition coefficient (Wildman–Crippen LogP) is 3.16. The van der Waals surface area contributed by atoms with Crippen LogP contribution in [0, 0.1) is 11.3 Å². The topological polar surface area (TPSA) is 54.5 Å². The Balaban J connectivity index is 2.65. The van der Waals surface area contributed by atoms with Gasteiger partial charge in [0.1, 0.15) is 11.8 Å². The van der Waals surface area contributed by atoms with Crippen molar-refractivity contribution in [2.45, 2.75) is 19.9 Å². The minimum absolute atomic E-state index is 0.165. The van der Waals surface area contributed by atoms with E-state index in [0.29, 0.717) is 5.69 Å². The summed E-state index contributed by atoms with van der Waals surface area (Å²) >= 11 is 3.42. The zero-order valence-corrected chi connectivity index (χ0v) is 11.1. The van der Waals surface area contributed by atoms with Gasteiger partial charge >= 0.3 is 0 Å². The third-order valence-corrected chi connectivity index (χ3v) is 2.88. The number of rotatable bonds is 2. The molecular formula is C12H11BrN4. The summed E-state index contributed by atoms with van der Waals surface area (Å²) in [5.74, 6) is 0. The fourth-order valence-corrected chi connectivity index (χ4v) is 2.03. The summed E-state index contributed by atoms with van der Waals surface area (Å²) in [5, 5.41) is 17.0. The Labute approximate surface area is 108 Å². The van der Waals surface area contributed by atoms with E-state index in [1.807, 2.05) is 38.1 Å². The van der Waals surface area contributed by atoms with Crippen LogP contribution in [0.15, 0.2) is 28.7 Å². The lowest BCUT2D eigenvalue weighted by molar-refractivity contribution is 0.519. The molecule has 0 radical (unpaired) electrons. The normalized spacial score (nSPS) is 10.5. The molecule has 0 saturated heterocycles. The summed E-state index contributed by atoms with van der Waals surface area (Å²) < 4.78 is 2.73. The van der Waals surface area contributed by atoms with Crippen molar-refractivity contribution in [3.8, 4) is 17.3 Å². The molecule has 1 aromatic carbocycles. The molecule has 5 heteroatoms. The van der Waals surface area contributed by atoms with Gasteiger partial charge in [0, 0.05) is 16.1 Å². The van der Waals surface area contributed by atoms with Gasteiger partial charge in [-0.3, -0.25) is 0 Å². The molecule has 0 aliphatic rings. The molecule has 0 saturated carbocycles. The quantitative estimate of drug-likeness (QED) is 0.854. The van der Waals surface area contributed by atoms with Gasteiger partial charge in [-0.2, -0.15) is 5.26 Å². The molecule has 0 fully saturated rings. The largest absolute Gasteiger partial charge is 0.241 e. The molecule has 0 aliphatic heterocycles. The van der Waals surface area contributed by atoms with Crippen molar-refractivity contribution in [2.75, 3.05) is 0 Å². The standard InChI is InChI=1S/C12H11BrN4/c1-8(2)17-12(11(7-14)15-16-17)9-4-3-5-10(13)6-9/h3-6,8H,1-2H3. The highest BCUT2D eigenvalue weighted by Crippen LogP contribution is 2.26. The average Bonchev–Trinajstić information content (AvgIpc) is 2.72. The van der Waals surface area contributed by atoms with Crippen LogP contribution in [0.25, 0.3) is 11.3 Å². The third kappa shape index (κ3) is 2.22. The van der Waals surface area contributed by atoms with E-state index < -0.39 is 0 Å². The van der Waals surface area contributed by atoms with Gasteiger partial charge in [-0.1, -0.05) is 33.3 Å². The second-order valence-electron chi connectivity index (χ2n) is 3.95. The highest BCUT2D eigenvalue weighted by molar-refractivity contribution is 9.10. The maximum Gasteiger partial charge on any atom is 0.190 e. The van der Waals surface area contributed by atoms with Crippen LogP contribution < -0.4 is 0 Å². The van der Waals surface area contributed by atoms with Gasteiger partial charge in [0.2, 0.25) is 0 Å². The van der Waals surface area contributed by atoms with Crippen LogP contribution in [-0.4, -0.2) is 15.0 Å². The SMILES string of the molecule is CC(C)n1nnc(C#N)c1-c1cccc(Br)c1. The van der Waals surface area contributed by atoms with Crippen LogP contribution in [0.1, 0.15) is 25.6 Å². The number of nitriles is 1. The predicted molar refractivity (Wildman–Crippen MR) is 68.3 cm³/mol. The van der Waals surface area contributed by atoms with Crippen molar-refractivity contribution in [3.05, 3.63) is 34.4 Å². The molecule has 0 aliphatic carbocycles. The van der Waals surface area contributed by atoms with E-state index >= 15 is 0 Å². The monoisotopic (exact) mass is 290 g/mol. The first-order valence-electron chi connectivity index (χ1n) is 5.24. The van der Waals surface area contributed by atoms with E-state index in [4.69, 9.17) is 5.26 Å². The van der Waals surface area contributed by atoms with E-state index in [1.54, 1.807) is 4.68 Å². The van der Waals surface area contributed by atoms with E-state index in [2.05, 4.69) is 32.3 Å². The Kier molecular flexibility index (Phi) is 3.25. The van der Waals surface area contributed by atoms with Crippen molar-refractivity contribution in [3.63, 3.8) is 0 Å². The Morgan fingerprint density at radius 2 is 2.18 bits per heavy atom. The summed E-state index contributed by atoms with van der Waals surface area (Å²) in [6, 6.07) is 10.0. The maximum atomic E-state index is 9.07. The molecule has 0 unspecified atom stereocenters. The Morgan fingerprint density at radius 1 is 1.41 bits per heavy atom. The second kappa shape index (κ2) is 4.68. The highest BCUT2D eigenvalue weighted by Gasteiger charge is 2.16. The summed E-state index contributed by atoms with van der Waals surface area (Å²) in [5.41, 5.74) is 2.07. The molecule has 2 aromatic rings. The first kappa shape index (κ1) is 11.8. The van der Waals surface area contributed by atoms with Crippen LogP contribution in [-0.2, 0) is 0 Å². The summed E-state index contributed by atoms with van der Waals surface area (Å²) in [6.45, 7) is 4.02. The Morgan fingerprint density at radius 3 is 2.76 bits per heavy atom. The van der Waals surface area contributed by atoms with Gasteiger partial charge in [0.15, 0.2) is 5.69 Å². The minimum atomic E-state index is 0.165. The molecule has 17 heavy (non-hydrogen) atoms. The number of halogens is 1. The molecule has 0 atom stereocenters. The Bertz CT molecular complexity index is 580. The molecule has 2 rings (SSSR count). The fraction of sp³-hybridized carbons (Fsp3) is 0.250. The Hall–Kier alpha value is -1.67. The number of hydrogen-bond acceptors (Lipinski definition) is 3. The van der Waals surface area contributed by atoms with E-state index in [1.165, 1.54) is 0 Å². The summed E-state index contributed by atoms with van der Waals surface area (Å²) in [4.78, 5) is 0. The summed E-state index contributed by atoms with van der Waals surface area (Å²) in [7, 11) is 0. The van der Waals surface area contributed by atoms with Crippen molar-refractivity contribution in [1.82, 2.24) is 15.0 Å². The zero-order valence-electron chi connectivity index (χ0n) is 9.55. The summed E-state index contributed by atoms with van der Waals surface area (Å²) in [6.07, 6.45) is 0. The smallest absolute Gasteiger partial charge is 0.190 e. The molecular weight excluding hydrogens is 280 g/mol. The first-order chi connectivity index (χ1) is 8.13. The number of nitrogens with zero attached hydrogens (tertiary/aromatic N) is 4. The molecule has 4 nitrogen and oxygen atoms in total. The lowest BCUT2D eigenvalue weighted by Crippen LogP contribution is -2.05. The van der Waals surface area contributed by atoms with Gasteiger partial charge in [0.05, 0.1) is 0 Å². The molecule has 0 spiro atoms. The molecule has 86 valence electrons. The van der Waals surface area contributed by atoms with Crippen molar-refractivity contribution < 1.29 is 0 Å². The van der Waals surface area contributed by atoms with Gasteiger partial charge < -0.3 is 0 Å². The minimum Gasteiger partial charge on any atom is -0.241 e. The van der Waals surface area contributed by atoms with Crippen molar-refractivity contribution in [2.24, 2.45) is 0 Å². The van der Waals surface area contributed by atoms with Gasteiger partial charge in [-0.05, 0) is 26.0 Å². The fourth-order valence-electron chi connectivity index (χ4n) is 1.64.